The number of para-hydroxylation sites is 1. The molecule has 22 heavy (non-hydrogen) atoms. The van der Waals surface area contributed by atoms with Gasteiger partial charge in [-0.3, -0.25) is 9.59 Å². The predicted octanol–water partition coefficient (Wildman–Crippen LogP) is 1.09. The Morgan fingerprint density at radius 1 is 1.23 bits per heavy atom. The van der Waals surface area contributed by atoms with Crippen molar-refractivity contribution < 1.29 is 9.53 Å². The highest BCUT2D eigenvalue weighted by Gasteiger charge is 2.23. The Labute approximate surface area is 127 Å². The van der Waals surface area contributed by atoms with Crippen LogP contribution in [0.5, 0.6) is 0 Å². The van der Waals surface area contributed by atoms with Crippen molar-refractivity contribution >= 4 is 5.91 Å². The van der Waals surface area contributed by atoms with E-state index in [1.807, 2.05) is 25.1 Å². The lowest BCUT2D eigenvalue weighted by Crippen LogP contribution is -2.45. The molecular weight excluding hydrogens is 282 g/mol. The molecule has 1 aromatic heterocycles. The lowest BCUT2D eigenvalue weighted by atomic mass is 10.2. The van der Waals surface area contributed by atoms with E-state index in [9.17, 15) is 9.59 Å². The molecule has 1 saturated heterocycles. The van der Waals surface area contributed by atoms with E-state index in [1.54, 1.807) is 17.0 Å². The van der Waals surface area contributed by atoms with E-state index in [-0.39, 0.29) is 23.3 Å². The zero-order valence-corrected chi connectivity index (χ0v) is 12.3. The van der Waals surface area contributed by atoms with Crippen molar-refractivity contribution in [2.75, 3.05) is 19.7 Å². The molecule has 0 N–H and O–H groups in total. The van der Waals surface area contributed by atoms with Crippen LogP contribution in [0, 0.1) is 0 Å². The highest BCUT2D eigenvalue weighted by Crippen LogP contribution is 2.09. The summed E-state index contributed by atoms with van der Waals surface area (Å²) < 4.78 is 6.68. The minimum Gasteiger partial charge on any atom is -0.375 e. The maximum Gasteiger partial charge on any atom is 0.274 e. The van der Waals surface area contributed by atoms with E-state index >= 15 is 0 Å². The summed E-state index contributed by atoms with van der Waals surface area (Å²) in [5, 5.41) is 4.21. The summed E-state index contributed by atoms with van der Waals surface area (Å²) in [7, 11) is 0. The standard InChI is InChI=1S/C16H17N3O3/c1-12-11-18(9-10-22-12)16(21)14-7-8-15(20)19(17-14)13-5-3-2-4-6-13/h2-8,12H,9-11H2,1H3/t12-/m0/s1. The fraction of sp³-hybridized carbons (Fsp3) is 0.312. The summed E-state index contributed by atoms with van der Waals surface area (Å²) in [6.07, 6.45) is 0.0118. The predicted molar refractivity (Wildman–Crippen MR) is 81.2 cm³/mol. The Hall–Kier alpha value is -2.47. The molecule has 2 heterocycles. The second-order valence-electron chi connectivity index (χ2n) is 5.24. The first-order valence-corrected chi connectivity index (χ1v) is 7.22. The van der Waals surface area contributed by atoms with E-state index in [1.165, 1.54) is 16.8 Å². The van der Waals surface area contributed by atoms with Gasteiger partial charge in [-0.25, -0.2) is 0 Å². The second-order valence-corrected chi connectivity index (χ2v) is 5.24. The van der Waals surface area contributed by atoms with Crippen LogP contribution in [0.2, 0.25) is 0 Å². The van der Waals surface area contributed by atoms with Gasteiger partial charge in [-0.1, -0.05) is 18.2 Å². The molecule has 0 aliphatic carbocycles. The number of benzene rings is 1. The molecule has 1 aliphatic heterocycles. The summed E-state index contributed by atoms with van der Waals surface area (Å²) in [6, 6.07) is 11.9. The van der Waals surface area contributed by atoms with Gasteiger partial charge in [-0.15, -0.1) is 0 Å². The van der Waals surface area contributed by atoms with E-state index in [0.717, 1.165) is 0 Å². The Morgan fingerprint density at radius 3 is 2.73 bits per heavy atom. The number of rotatable bonds is 2. The number of ether oxygens (including phenoxy) is 1. The molecule has 114 valence electrons. The highest BCUT2D eigenvalue weighted by atomic mass is 16.5. The molecule has 1 aromatic carbocycles. The van der Waals surface area contributed by atoms with Gasteiger partial charge in [0.2, 0.25) is 0 Å². The molecule has 1 aliphatic rings. The van der Waals surface area contributed by atoms with Crippen LogP contribution in [-0.2, 0) is 4.74 Å². The maximum atomic E-state index is 12.5. The first kappa shape index (κ1) is 14.5. The van der Waals surface area contributed by atoms with Crippen molar-refractivity contribution in [3.63, 3.8) is 0 Å². The molecular formula is C16H17N3O3. The zero-order valence-electron chi connectivity index (χ0n) is 12.3. The van der Waals surface area contributed by atoms with Crippen molar-refractivity contribution in [1.82, 2.24) is 14.7 Å². The minimum absolute atomic E-state index is 0.0118. The molecule has 0 spiro atoms. The smallest absolute Gasteiger partial charge is 0.274 e. The van der Waals surface area contributed by atoms with Crippen molar-refractivity contribution in [3.05, 3.63) is 58.5 Å². The van der Waals surface area contributed by atoms with Crippen LogP contribution in [0.25, 0.3) is 5.69 Å². The monoisotopic (exact) mass is 299 g/mol. The van der Waals surface area contributed by atoms with Crippen LogP contribution in [0.15, 0.2) is 47.3 Å². The molecule has 0 saturated carbocycles. The number of hydrogen-bond acceptors (Lipinski definition) is 4. The van der Waals surface area contributed by atoms with Gasteiger partial charge in [-0.05, 0) is 25.1 Å². The molecule has 6 heteroatoms. The fourth-order valence-corrected chi connectivity index (χ4v) is 2.44. The maximum absolute atomic E-state index is 12.5. The Balaban J connectivity index is 1.92. The van der Waals surface area contributed by atoms with E-state index in [0.29, 0.717) is 25.4 Å². The number of hydrogen-bond donors (Lipinski definition) is 0. The summed E-state index contributed by atoms with van der Waals surface area (Å²) in [6.45, 7) is 3.52. The molecule has 0 bridgehead atoms. The number of nitrogens with zero attached hydrogens (tertiary/aromatic N) is 3. The number of carbonyl (C=O) groups excluding carboxylic acids is 1. The molecule has 3 rings (SSSR count). The van der Waals surface area contributed by atoms with Crippen LogP contribution in [0.1, 0.15) is 17.4 Å². The summed E-state index contributed by atoms with van der Waals surface area (Å²) in [5.41, 5.74) is 0.633. The number of morpholine rings is 1. The van der Waals surface area contributed by atoms with Gasteiger partial charge >= 0.3 is 0 Å². The van der Waals surface area contributed by atoms with Crippen molar-refractivity contribution in [2.45, 2.75) is 13.0 Å². The quantitative estimate of drug-likeness (QED) is 0.833. The first-order chi connectivity index (χ1) is 10.6. The third-order valence-electron chi connectivity index (χ3n) is 3.55. The van der Waals surface area contributed by atoms with Crippen molar-refractivity contribution in [1.29, 1.82) is 0 Å². The number of aromatic nitrogens is 2. The van der Waals surface area contributed by atoms with E-state index < -0.39 is 0 Å². The Morgan fingerprint density at radius 2 is 2.00 bits per heavy atom. The topological polar surface area (TPSA) is 64.4 Å². The molecule has 1 atom stereocenters. The van der Waals surface area contributed by atoms with Gasteiger partial charge in [0.1, 0.15) is 5.69 Å². The van der Waals surface area contributed by atoms with Crippen molar-refractivity contribution in [2.24, 2.45) is 0 Å². The molecule has 0 unspecified atom stereocenters. The second kappa shape index (κ2) is 6.11. The van der Waals surface area contributed by atoms with Crippen LogP contribution in [-0.4, -0.2) is 46.4 Å². The normalized spacial score (nSPS) is 18.2. The van der Waals surface area contributed by atoms with Gasteiger partial charge in [0, 0.05) is 19.2 Å². The zero-order chi connectivity index (χ0) is 15.5. The van der Waals surface area contributed by atoms with E-state index in [4.69, 9.17) is 4.74 Å². The van der Waals surface area contributed by atoms with Crippen LogP contribution in [0.3, 0.4) is 0 Å². The van der Waals surface area contributed by atoms with E-state index in [2.05, 4.69) is 5.10 Å². The van der Waals surface area contributed by atoms with Crippen LogP contribution >= 0.6 is 0 Å². The third-order valence-corrected chi connectivity index (χ3v) is 3.55. The highest BCUT2D eigenvalue weighted by molar-refractivity contribution is 5.92. The molecule has 0 radical (unpaired) electrons. The minimum atomic E-state index is -0.266. The first-order valence-electron chi connectivity index (χ1n) is 7.22. The Kier molecular flexibility index (Phi) is 4.02. The molecule has 1 fully saturated rings. The lowest BCUT2D eigenvalue weighted by Gasteiger charge is -2.30. The average Bonchev–Trinajstić information content (AvgIpc) is 2.55. The summed E-state index contributed by atoms with van der Waals surface area (Å²) in [5.74, 6) is -0.181. The average molecular weight is 299 g/mol. The molecule has 6 nitrogen and oxygen atoms in total. The van der Waals surface area contributed by atoms with Crippen LogP contribution < -0.4 is 5.56 Å². The number of carbonyl (C=O) groups is 1. The fourth-order valence-electron chi connectivity index (χ4n) is 2.44. The van der Waals surface area contributed by atoms with Gasteiger partial charge in [-0.2, -0.15) is 9.78 Å². The summed E-state index contributed by atoms with van der Waals surface area (Å²) >= 11 is 0. The largest absolute Gasteiger partial charge is 0.375 e. The number of amides is 1. The Bertz CT molecular complexity index is 727. The molecule has 2 aromatic rings. The van der Waals surface area contributed by atoms with Crippen molar-refractivity contribution in [3.8, 4) is 5.69 Å². The van der Waals surface area contributed by atoms with Crippen LogP contribution in [0.4, 0.5) is 0 Å². The van der Waals surface area contributed by atoms with Gasteiger partial charge in [0.05, 0.1) is 18.4 Å². The third kappa shape index (κ3) is 2.92. The van der Waals surface area contributed by atoms with Gasteiger partial charge < -0.3 is 9.64 Å². The van der Waals surface area contributed by atoms with Gasteiger partial charge in [0.15, 0.2) is 0 Å². The SMILES string of the molecule is C[C@H]1CN(C(=O)c2ccc(=O)n(-c3ccccc3)n2)CCO1. The van der Waals surface area contributed by atoms with Gasteiger partial charge in [0.25, 0.3) is 11.5 Å². The summed E-state index contributed by atoms with van der Waals surface area (Å²) in [4.78, 5) is 26.2. The lowest BCUT2D eigenvalue weighted by molar-refractivity contribution is -0.0127. The molecule has 1 amide bonds.